The van der Waals surface area contributed by atoms with Crippen molar-refractivity contribution in [3.8, 4) is 0 Å². The highest BCUT2D eigenvalue weighted by molar-refractivity contribution is 5.68. The molecule has 0 aliphatic carbocycles. The lowest BCUT2D eigenvalue weighted by molar-refractivity contribution is 0.0166. The Morgan fingerprint density at radius 1 is 1.42 bits per heavy atom. The van der Waals surface area contributed by atoms with Gasteiger partial charge >= 0.3 is 6.09 Å². The molecular weight excluding hydrogens is 240 g/mol. The number of nitrogens with one attached hydrogen (secondary N) is 1. The summed E-state index contributed by atoms with van der Waals surface area (Å²) in [4.78, 5) is 13.9. The molecule has 0 aromatic heterocycles. The number of unbranched alkanes of at least 4 members (excludes halogenated alkanes) is 1. The van der Waals surface area contributed by atoms with Crippen molar-refractivity contribution in [2.24, 2.45) is 5.92 Å². The highest BCUT2D eigenvalue weighted by atomic mass is 16.6. The highest BCUT2D eigenvalue weighted by Gasteiger charge is 2.27. The Labute approximate surface area is 117 Å². The summed E-state index contributed by atoms with van der Waals surface area (Å²) in [5, 5.41) is 3.48. The van der Waals surface area contributed by atoms with Gasteiger partial charge in [-0.3, -0.25) is 0 Å². The van der Waals surface area contributed by atoms with Crippen LogP contribution in [0, 0.1) is 5.92 Å². The van der Waals surface area contributed by atoms with Gasteiger partial charge in [0.15, 0.2) is 0 Å². The van der Waals surface area contributed by atoms with Crippen LogP contribution in [0.25, 0.3) is 0 Å². The van der Waals surface area contributed by atoms with Gasteiger partial charge in [0.1, 0.15) is 5.60 Å². The topological polar surface area (TPSA) is 41.6 Å². The molecule has 19 heavy (non-hydrogen) atoms. The third-order valence-electron chi connectivity index (χ3n) is 3.31. The zero-order valence-electron chi connectivity index (χ0n) is 13.0. The third kappa shape index (κ3) is 6.81. The van der Waals surface area contributed by atoms with Gasteiger partial charge < -0.3 is 15.0 Å². The van der Waals surface area contributed by atoms with Crippen LogP contribution in [0.4, 0.5) is 4.79 Å². The van der Waals surface area contributed by atoms with Crippen LogP contribution in [-0.4, -0.2) is 42.8 Å². The van der Waals surface area contributed by atoms with E-state index in [0.717, 1.165) is 32.6 Å². The van der Waals surface area contributed by atoms with Crippen LogP contribution in [0.3, 0.4) is 0 Å². The lowest BCUT2D eigenvalue weighted by atomic mass is 9.98. The molecule has 0 saturated carbocycles. The average molecular weight is 270 g/mol. The van der Waals surface area contributed by atoms with Crippen molar-refractivity contribution < 1.29 is 9.53 Å². The molecule has 0 radical (unpaired) electrons. The van der Waals surface area contributed by atoms with Crippen molar-refractivity contribution in [1.29, 1.82) is 0 Å². The number of nitrogens with zero attached hydrogens (tertiary/aromatic N) is 1. The minimum absolute atomic E-state index is 0.161. The largest absolute Gasteiger partial charge is 0.444 e. The first kappa shape index (κ1) is 16.3. The molecule has 112 valence electrons. The predicted molar refractivity (Wildman–Crippen MR) is 78.3 cm³/mol. The monoisotopic (exact) mass is 270 g/mol. The maximum absolute atomic E-state index is 12.0. The lowest BCUT2D eigenvalue weighted by Gasteiger charge is -2.34. The van der Waals surface area contributed by atoms with E-state index in [1.54, 1.807) is 0 Å². The van der Waals surface area contributed by atoms with E-state index in [-0.39, 0.29) is 6.09 Å². The molecule has 0 bridgehead atoms. The molecule has 0 aromatic rings. The van der Waals surface area contributed by atoms with E-state index in [1.807, 2.05) is 25.7 Å². The average Bonchev–Trinajstić information content (AvgIpc) is 2.33. The summed E-state index contributed by atoms with van der Waals surface area (Å²) in [7, 11) is 0. The smallest absolute Gasteiger partial charge is 0.410 e. The van der Waals surface area contributed by atoms with Gasteiger partial charge in [0.05, 0.1) is 0 Å². The molecule has 1 aliphatic heterocycles. The van der Waals surface area contributed by atoms with Crippen LogP contribution in [0.5, 0.6) is 0 Å². The van der Waals surface area contributed by atoms with E-state index < -0.39 is 5.60 Å². The summed E-state index contributed by atoms with van der Waals surface area (Å²) in [6.07, 6.45) is 4.58. The maximum Gasteiger partial charge on any atom is 0.410 e. The van der Waals surface area contributed by atoms with E-state index in [4.69, 9.17) is 4.74 Å². The van der Waals surface area contributed by atoms with Gasteiger partial charge in [-0.1, -0.05) is 13.3 Å². The number of ether oxygens (including phenoxy) is 1. The molecular formula is C15H30N2O2. The molecule has 0 spiro atoms. The normalized spacial score (nSPS) is 20.4. The van der Waals surface area contributed by atoms with Crippen molar-refractivity contribution in [3.63, 3.8) is 0 Å². The molecule has 1 fully saturated rings. The number of carbonyl (C=O) groups excluding carboxylic acids is 1. The van der Waals surface area contributed by atoms with Crippen molar-refractivity contribution in [3.05, 3.63) is 0 Å². The Morgan fingerprint density at radius 2 is 2.16 bits per heavy atom. The number of hydrogen-bond donors (Lipinski definition) is 1. The Hall–Kier alpha value is -0.770. The molecule has 1 heterocycles. The second kappa shape index (κ2) is 7.73. The van der Waals surface area contributed by atoms with Crippen LogP contribution in [0.1, 0.15) is 53.4 Å². The quantitative estimate of drug-likeness (QED) is 0.781. The molecule has 0 aromatic carbocycles. The van der Waals surface area contributed by atoms with Crippen molar-refractivity contribution >= 4 is 6.09 Å². The summed E-state index contributed by atoms with van der Waals surface area (Å²) >= 11 is 0. The minimum atomic E-state index is -0.399. The Kier molecular flexibility index (Phi) is 6.63. The standard InChI is InChI=1S/C15H30N2O2/c1-5-6-9-16-11-13-8-7-10-17(12-13)14(18)19-15(2,3)4/h13,16H,5-12H2,1-4H3/t13-/m1/s1. The SMILES string of the molecule is CCCCNC[C@H]1CCCN(C(=O)OC(C)(C)C)C1. The molecule has 1 atom stereocenters. The van der Waals surface area contributed by atoms with Crippen molar-refractivity contribution in [2.45, 2.75) is 59.0 Å². The van der Waals surface area contributed by atoms with Crippen LogP contribution >= 0.6 is 0 Å². The summed E-state index contributed by atoms with van der Waals surface area (Å²) in [5.41, 5.74) is -0.399. The first-order chi connectivity index (χ1) is 8.92. The predicted octanol–water partition coefficient (Wildman–Crippen LogP) is 3.02. The molecule has 1 N–H and O–H groups in total. The van der Waals surface area contributed by atoms with Gasteiger partial charge in [0, 0.05) is 13.1 Å². The number of rotatable bonds is 5. The number of amides is 1. The van der Waals surface area contributed by atoms with Crippen LogP contribution in [0.2, 0.25) is 0 Å². The zero-order valence-corrected chi connectivity index (χ0v) is 13.0. The van der Waals surface area contributed by atoms with Gasteiger partial charge in [-0.25, -0.2) is 4.79 Å². The molecule has 1 amide bonds. The Balaban J connectivity index is 2.31. The first-order valence-electron chi connectivity index (χ1n) is 7.61. The van der Waals surface area contributed by atoms with Crippen molar-refractivity contribution in [2.75, 3.05) is 26.2 Å². The fraction of sp³-hybridized carbons (Fsp3) is 0.933. The van der Waals surface area contributed by atoms with E-state index >= 15 is 0 Å². The van der Waals surface area contributed by atoms with E-state index in [0.29, 0.717) is 5.92 Å². The van der Waals surface area contributed by atoms with Gasteiger partial charge in [0.2, 0.25) is 0 Å². The minimum Gasteiger partial charge on any atom is -0.444 e. The van der Waals surface area contributed by atoms with Gasteiger partial charge in [-0.15, -0.1) is 0 Å². The summed E-state index contributed by atoms with van der Waals surface area (Å²) in [6, 6.07) is 0. The molecule has 0 unspecified atom stereocenters. The number of carbonyl (C=O) groups is 1. The van der Waals surface area contributed by atoms with Crippen LogP contribution in [-0.2, 0) is 4.74 Å². The van der Waals surface area contributed by atoms with E-state index in [2.05, 4.69) is 12.2 Å². The van der Waals surface area contributed by atoms with Gasteiger partial charge in [-0.2, -0.15) is 0 Å². The second-order valence-corrected chi connectivity index (χ2v) is 6.49. The highest BCUT2D eigenvalue weighted by Crippen LogP contribution is 2.18. The van der Waals surface area contributed by atoms with Crippen LogP contribution < -0.4 is 5.32 Å². The third-order valence-corrected chi connectivity index (χ3v) is 3.31. The molecule has 1 saturated heterocycles. The summed E-state index contributed by atoms with van der Waals surface area (Å²) in [6.45, 7) is 11.7. The summed E-state index contributed by atoms with van der Waals surface area (Å²) in [5.74, 6) is 0.568. The fourth-order valence-corrected chi connectivity index (χ4v) is 2.33. The molecule has 1 aliphatic rings. The number of hydrogen-bond acceptors (Lipinski definition) is 3. The van der Waals surface area contributed by atoms with E-state index in [9.17, 15) is 4.79 Å². The summed E-state index contributed by atoms with van der Waals surface area (Å²) < 4.78 is 5.44. The lowest BCUT2D eigenvalue weighted by Crippen LogP contribution is -2.45. The number of piperidine rings is 1. The zero-order chi connectivity index (χ0) is 14.3. The van der Waals surface area contributed by atoms with Gasteiger partial charge in [-0.05, 0) is 59.0 Å². The van der Waals surface area contributed by atoms with Gasteiger partial charge in [0.25, 0.3) is 0 Å². The first-order valence-corrected chi connectivity index (χ1v) is 7.61. The molecule has 4 heteroatoms. The second-order valence-electron chi connectivity index (χ2n) is 6.49. The Bertz CT molecular complexity index is 274. The maximum atomic E-state index is 12.0. The Morgan fingerprint density at radius 3 is 2.79 bits per heavy atom. The fourth-order valence-electron chi connectivity index (χ4n) is 2.33. The van der Waals surface area contributed by atoms with Crippen LogP contribution in [0.15, 0.2) is 0 Å². The van der Waals surface area contributed by atoms with Crippen molar-refractivity contribution in [1.82, 2.24) is 10.2 Å². The molecule has 4 nitrogen and oxygen atoms in total. The molecule has 1 rings (SSSR count). The van der Waals surface area contributed by atoms with E-state index in [1.165, 1.54) is 19.3 Å². The number of likely N-dealkylation sites (tertiary alicyclic amines) is 1.